The van der Waals surface area contributed by atoms with Crippen LogP contribution in [0.5, 0.6) is 5.75 Å². The molecule has 1 aromatic heterocycles. The summed E-state index contributed by atoms with van der Waals surface area (Å²) in [5.41, 5.74) is 0.652. The zero-order valence-corrected chi connectivity index (χ0v) is 13.4. The lowest BCUT2D eigenvalue weighted by molar-refractivity contribution is 0.101. The van der Waals surface area contributed by atoms with Gasteiger partial charge in [-0.05, 0) is 44.0 Å². The topological polar surface area (TPSA) is 29.5 Å². The number of para-hydroxylation sites is 1. The number of thiophene rings is 1. The second kappa shape index (κ2) is 7.96. The molecule has 2 aromatic rings. The molecule has 1 heterocycles. The quantitative estimate of drug-likeness (QED) is 0.699. The summed E-state index contributed by atoms with van der Waals surface area (Å²) in [5, 5.41) is 2.11. The maximum Gasteiger partial charge on any atom is 0.163 e. The monoisotopic (exact) mass is 303 g/mol. The first-order valence-corrected chi connectivity index (χ1v) is 7.98. The van der Waals surface area contributed by atoms with Crippen molar-refractivity contribution in [1.29, 1.82) is 0 Å². The van der Waals surface area contributed by atoms with Gasteiger partial charge in [-0.3, -0.25) is 4.79 Å². The van der Waals surface area contributed by atoms with Crippen molar-refractivity contribution in [1.82, 2.24) is 4.90 Å². The van der Waals surface area contributed by atoms with Gasteiger partial charge in [0.25, 0.3) is 0 Å². The van der Waals surface area contributed by atoms with Crippen LogP contribution in [0.3, 0.4) is 0 Å². The van der Waals surface area contributed by atoms with Gasteiger partial charge in [0.15, 0.2) is 5.78 Å². The van der Waals surface area contributed by atoms with Gasteiger partial charge in [0.2, 0.25) is 0 Å². The number of carbonyl (C=O) groups excluding carboxylic acids is 1. The summed E-state index contributed by atoms with van der Waals surface area (Å²) in [5.74, 6) is 0.716. The Morgan fingerprint density at radius 3 is 2.71 bits per heavy atom. The van der Waals surface area contributed by atoms with Crippen molar-refractivity contribution in [2.24, 2.45) is 0 Å². The standard InChI is InChI=1S/C17H21NO2S/c1-14(19)16-7-3-4-8-17(16)20-12-11-18(2)10-9-15-6-5-13-21-15/h3-8,13H,9-12H2,1-2H3. The fraction of sp³-hybridized carbons (Fsp3) is 0.353. The third-order valence-electron chi connectivity index (χ3n) is 3.32. The van der Waals surface area contributed by atoms with Crippen LogP contribution in [-0.4, -0.2) is 37.4 Å². The SMILES string of the molecule is CC(=O)c1ccccc1OCCN(C)CCc1cccs1. The number of ether oxygens (including phenoxy) is 1. The number of benzene rings is 1. The van der Waals surface area contributed by atoms with E-state index in [0.717, 1.165) is 19.5 Å². The van der Waals surface area contributed by atoms with E-state index in [1.165, 1.54) is 4.88 Å². The lowest BCUT2D eigenvalue weighted by Gasteiger charge is -2.17. The third kappa shape index (κ3) is 4.99. The molecule has 0 atom stereocenters. The van der Waals surface area contributed by atoms with Crippen molar-refractivity contribution in [2.75, 3.05) is 26.7 Å². The van der Waals surface area contributed by atoms with Crippen LogP contribution in [0.1, 0.15) is 22.2 Å². The van der Waals surface area contributed by atoms with Crippen LogP contribution in [0.15, 0.2) is 41.8 Å². The first-order chi connectivity index (χ1) is 10.2. The van der Waals surface area contributed by atoms with Crippen LogP contribution in [0.4, 0.5) is 0 Å². The Balaban J connectivity index is 1.75. The molecule has 0 amide bonds. The van der Waals surface area contributed by atoms with E-state index in [4.69, 9.17) is 4.74 Å². The summed E-state index contributed by atoms with van der Waals surface area (Å²) in [6, 6.07) is 11.7. The molecular formula is C17H21NO2S. The highest BCUT2D eigenvalue weighted by Crippen LogP contribution is 2.18. The van der Waals surface area contributed by atoms with Gasteiger partial charge in [-0.15, -0.1) is 11.3 Å². The van der Waals surface area contributed by atoms with Gasteiger partial charge in [-0.2, -0.15) is 0 Å². The molecule has 0 fully saturated rings. The van der Waals surface area contributed by atoms with E-state index < -0.39 is 0 Å². The molecule has 3 nitrogen and oxygen atoms in total. The zero-order chi connectivity index (χ0) is 15.1. The molecule has 1 aromatic carbocycles. The molecule has 0 unspecified atom stereocenters. The van der Waals surface area contributed by atoms with E-state index in [1.54, 1.807) is 24.3 Å². The number of carbonyl (C=O) groups is 1. The van der Waals surface area contributed by atoms with Crippen molar-refractivity contribution in [3.8, 4) is 5.75 Å². The smallest absolute Gasteiger partial charge is 0.163 e. The molecule has 2 rings (SSSR count). The van der Waals surface area contributed by atoms with Gasteiger partial charge in [-0.1, -0.05) is 18.2 Å². The first kappa shape index (κ1) is 15.7. The van der Waals surface area contributed by atoms with Crippen LogP contribution >= 0.6 is 11.3 Å². The number of hydrogen-bond acceptors (Lipinski definition) is 4. The van der Waals surface area contributed by atoms with E-state index in [-0.39, 0.29) is 5.78 Å². The Morgan fingerprint density at radius 1 is 1.19 bits per heavy atom. The number of rotatable bonds is 8. The number of ketones is 1. The Morgan fingerprint density at radius 2 is 2.00 bits per heavy atom. The molecule has 21 heavy (non-hydrogen) atoms. The third-order valence-corrected chi connectivity index (χ3v) is 4.25. The molecule has 0 spiro atoms. The Labute approximate surface area is 130 Å². The fourth-order valence-corrected chi connectivity index (χ4v) is 2.76. The molecule has 0 aliphatic carbocycles. The van der Waals surface area contributed by atoms with Crippen molar-refractivity contribution in [2.45, 2.75) is 13.3 Å². The highest BCUT2D eigenvalue weighted by Gasteiger charge is 2.07. The molecular weight excluding hydrogens is 282 g/mol. The van der Waals surface area contributed by atoms with Crippen LogP contribution in [0, 0.1) is 0 Å². The number of hydrogen-bond donors (Lipinski definition) is 0. The summed E-state index contributed by atoms with van der Waals surface area (Å²) >= 11 is 1.80. The van der Waals surface area contributed by atoms with Crippen molar-refractivity contribution in [3.63, 3.8) is 0 Å². The predicted molar refractivity (Wildman–Crippen MR) is 87.5 cm³/mol. The van der Waals surface area contributed by atoms with Gasteiger partial charge in [0.05, 0.1) is 5.56 Å². The number of nitrogens with zero attached hydrogens (tertiary/aromatic N) is 1. The van der Waals surface area contributed by atoms with Crippen LogP contribution in [0.2, 0.25) is 0 Å². The fourth-order valence-electron chi connectivity index (χ4n) is 2.06. The average molecular weight is 303 g/mol. The summed E-state index contributed by atoms with van der Waals surface area (Å²) in [7, 11) is 2.09. The zero-order valence-electron chi connectivity index (χ0n) is 12.5. The highest BCUT2D eigenvalue weighted by molar-refractivity contribution is 7.09. The summed E-state index contributed by atoms with van der Waals surface area (Å²) in [6.07, 6.45) is 1.07. The van der Waals surface area contributed by atoms with E-state index in [2.05, 4.69) is 29.5 Å². The molecule has 0 radical (unpaired) electrons. The predicted octanol–water partition coefficient (Wildman–Crippen LogP) is 3.50. The molecule has 0 aliphatic rings. The number of Topliss-reactive ketones (excluding diaryl/α,β-unsaturated/α-hetero) is 1. The summed E-state index contributed by atoms with van der Waals surface area (Å²) < 4.78 is 5.75. The second-order valence-corrected chi connectivity index (χ2v) is 6.07. The average Bonchev–Trinajstić information content (AvgIpc) is 2.99. The molecule has 0 bridgehead atoms. The summed E-state index contributed by atoms with van der Waals surface area (Å²) in [6.45, 7) is 4.01. The van der Waals surface area contributed by atoms with Crippen LogP contribution in [-0.2, 0) is 6.42 Å². The Bertz CT molecular complexity index is 566. The van der Waals surface area contributed by atoms with Gasteiger partial charge < -0.3 is 9.64 Å². The van der Waals surface area contributed by atoms with Gasteiger partial charge in [-0.25, -0.2) is 0 Å². The molecule has 0 saturated carbocycles. The van der Waals surface area contributed by atoms with Crippen molar-refractivity contribution in [3.05, 3.63) is 52.2 Å². The van der Waals surface area contributed by atoms with E-state index in [1.807, 2.05) is 18.2 Å². The van der Waals surface area contributed by atoms with E-state index >= 15 is 0 Å². The van der Waals surface area contributed by atoms with Crippen molar-refractivity contribution < 1.29 is 9.53 Å². The molecule has 0 N–H and O–H groups in total. The minimum Gasteiger partial charge on any atom is -0.491 e. The number of likely N-dealkylation sites (N-methyl/N-ethyl adjacent to an activating group) is 1. The second-order valence-electron chi connectivity index (χ2n) is 5.03. The highest BCUT2D eigenvalue weighted by atomic mass is 32.1. The van der Waals surface area contributed by atoms with Gasteiger partial charge >= 0.3 is 0 Å². The maximum absolute atomic E-state index is 11.5. The molecule has 0 saturated heterocycles. The normalized spacial score (nSPS) is 10.8. The van der Waals surface area contributed by atoms with E-state index in [9.17, 15) is 4.79 Å². The molecule has 0 aliphatic heterocycles. The molecule has 112 valence electrons. The van der Waals surface area contributed by atoms with Crippen molar-refractivity contribution >= 4 is 17.1 Å². The van der Waals surface area contributed by atoms with Gasteiger partial charge in [0.1, 0.15) is 12.4 Å². The minimum absolute atomic E-state index is 0.0386. The Hall–Kier alpha value is -1.65. The summed E-state index contributed by atoms with van der Waals surface area (Å²) in [4.78, 5) is 15.2. The lowest BCUT2D eigenvalue weighted by Crippen LogP contribution is -2.26. The molecule has 4 heteroatoms. The maximum atomic E-state index is 11.5. The largest absolute Gasteiger partial charge is 0.491 e. The van der Waals surface area contributed by atoms with Crippen LogP contribution < -0.4 is 4.74 Å². The first-order valence-electron chi connectivity index (χ1n) is 7.10. The Kier molecular flexibility index (Phi) is 5.96. The van der Waals surface area contributed by atoms with Gasteiger partial charge in [0, 0.05) is 18.0 Å². The minimum atomic E-state index is 0.0386. The lowest BCUT2D eigenvalue weighted by atomic mass is 10.1. The van der Waals surface area contributed by atoms with E-state index in [0.29, 0.717) is 17.9 Å². The van der Waals surface area contributed by atoms with Crippen LogP contribution in [0.25, 0.3) is 0 Å².